The molecular weight excluding hydrogens is 480 g/mol. The number of carbonyl (C=O) groups excluding carboxylic acids is 1. The van der Waals surface area contributed by atoms with Crippen LogP contribution in [0.25, 0.3) is 33.4 Å². The van der Waals surface area contributed by atoms with Crippen LogP contribution in [-0.2, 0) is 9.53 Å². The summed E-state index contributed by atoms with van der Waals surface area (Å²) in [7, 11) is 1.34. The van der Waals surface area contributed by atoms with Crippen LogP contribution in [0.1, 0.15) is 29.9 Å². The van der Waals surface area contributed by atoms with Crippen LogP contribution < -0.4 is 10.6 Å². The summed E-state index contributed by atoms with van der Waals surface area (Å²) in [4.78, 5) is 29.2. The largest absolute Gasteiger partial charge is 0.468 e. The normalized spacial score (nSPS) is 11.8. The van der Waals surface area contributed by atoms with Crippen molar-refractivity contribution in [1.29, 1.82) is 0 Å². The maximum atomic E-state index is 11.3. The predicted octanol–water partition coefficient (Wildman–Crippen LogP) is 5.72. The number of nitrogens with one attached hydrogen (secondary N) is 2. The van der Waals surface area contributed by atoms with Crippen molar-refractivity contribution in [3.05, 3.63) is 84.1 Å². The van der Waals surface area contributed by atoms with E-state index in [0.29, 0.717) is 11.8 Å². The van der Waals surface area contributed by atoms with Crippen LogP contribution in [0.3, 0.4) is 0 Å². The molecule has 9 heteroatoms. The van der Waals surface area contributed by atoms with Crippen molar-refractivity contribution < 1.29 is 13.9 Å². The molecule has 3 heterocycles. The molecule has 0 unspecified atom stereocenters. The van der Waals surface area contributed by atoms with E-state index >= 15 is 0 Å². The number of carbonyl (C=O) groups is 1. The minimum atomic E-state index is -0.382. The number of aromatic nitrogens is 4. The lowest BCUT2D eigenvalue weighted by Gasteiger charge is -2.17. The van der Waals surface area contributed by atoms with E-state index in [9.17, 15) is 4.79 Å². The first-order valence-corrected chi connectivity index (χ1v) is 12.2. The highest BCUT2D eigenvalue weighted by atomic mass is 16.5. The Bertz CT molecular complexity index is 1600. The third-order valence-corrected chi connectivity index (χ3v) is 6.26. The monoisotopic (exact) mass is 508 g/mol. The predicted molar refractivity (Wildman–Crippen MR) is 147 cm³/mol. The van der Waals surface area contributed by atoms with Gasteiger partial charge in [0.2, 0.25) is 5.95 Å². The fraction of sp³-hybridized carbons (Fsp3) is 0.207. The van der Waals surface area contributed by atoms with Crippen molar-refractivity contribution in [2.24, 2.45) is 0 Å². The Hall–Kier alpha value is -4.79. The summed E-state index contributed by atoms with van der Waals surface area (Å²) in [5.41, 5.74) is 6.75. The first-order valence-electron chi connectivity index (χ1n) is 12.2. The molecule has 5 rings (SSSR count). The van der Waals surface area contributed by atoms with Crippen molar-refractivity contribution in [1.82, 2.24) is 19.9 Å². The lowest BCUT2D eigenvalue weighted by molar-refractivity contribution is -0.138. The number of aryl methyl sites for hydroxylation is 2. The van der Waals surface area contributed by atoms with Gasteiger partial charge in [0.25, 0.3) is 0 Å². The lowest BCUT2D eigenvalue weighted by atomic mass is 10.0. The van der Waals surface area contributed by atoms with E-state index in [1.807, 2.05) is 44.2 Å². The minimum absolute atomic E-state index is 0.0102. The smallest absolute Gasteiger partial charge is 0.325 e. The summed E-state index contributed by atoms with van der Waals surface area (Å²) in [6, 6.07) is 16.2. The van der Waals surface area contributed by atoms with Gasteiger partial charge in [-0.1, -0.05) is 18.2 Å². The van der Waals surface area contributed by atoms with Gasteiger partial charge < -0.3 is 19.8 Å². The number of methoxy groups -OCH3 is 1. The quantitative estimate of drug-likeness (QED) is 0.254. The highest BCUT2D eigenvalue weighted by Crippen LogP contribution is 2.29. The second-order valence-corrected chi connectivity index (χ2v) is 9.03. The van der Waals surface area contributed by atoms with Gasteiger partial charge in [-0.15, -0.1) is 0 Å². The molecule has 0 saturated heterocycles. The molecule has 0 amide bonds. The van der Waals surface area contributed by atoms with E-state index in [2.05, 4.69) is 60.4 Å². The SMILES string of the molecule is COC(=O)CNc1ncc(-c2cccc([C@H](C)Nc3cc(-c4ccc5occ(C)c5c4)nc(C)n3)c2)cn1. The van der Waals surface area contributed by atoms with Crippen molar-refractivity contribution in [2.45, 2.75) is 26.8 Å². The molecule has 0 fully saturated rings. The molecule has 0 bridgehead atoms. The molecule has 1 atom stereocenters. The van der Waals surface area contributed by atoms with E-state index < -0.39 is 0 Å². The van der Waals surface area contributed by atoms with Gasteiger partial charge in [0, 0.05) is 41.0 Å². The van der Waals surface area contributed by atoms with E-state index in [-0.39, 0.29) is 18.6 Å². The molecular formula is C29H28N6O3. The number of hydrogen-bond acceptors (Lipinski definition) is 9. The zero-order chi connectivity index (χ0) is 26.6. The zero-order valence-electron chi connectivity index (χ0n) is 21.6. The average Bonchev–Trinajstić information content (AvgIpc) is 3.31. The summed E-state index contributed by atoms with van der Waals surface area (Å²) in [6.07, 6.45) is 5.22. The molecule has 9 nitrogen and oxygen atoms in total. The van der Waals surface area contributed by atoms with Gasteiger partial charge in [-0.05, 0) is 61.7 Å². The van der Waals surface area contributed by atoms with Crippen LogP contribution in [0.2, 0.25) is 0 Å². The molecule has 2 N–H and O–H groups in total. The second kappa shape index (κ2) is 10.7. The van der Waals surface area contributed by atoms with E-state index in [1.165, 1.54) is 7.11 Å². The number of benzene rings is 2. The second-order valence-electron chi connectivity index (χ2n) is 9.03. The molecule has 0 radical (unpaired) electrons. The van der Waals surface area contributed by atoms with Gasteiger partial charge in [0.1, 0.15) is 23.8 Å². The number of rotatable bonds is 8. The number of esters is 1. The van der Waals surface area contributed by atoms with Crippen LogP contribution in [0.5, 0.6) is 0 Å². The average molecular weight is 509 g/mol. The van der Waals surface area contributed by atoms with Gasteiger partial charge in [-0.25, -0.2) is 19.9 Å². The van der Waals surface area contributed by atoms with E-state index in [1.54, 1.807) is 18.7 Å². The minimum Gasteiger partial charge on any atom is -0.468 e. The van der Waals surface area contributed by atoms with Crippen LogP contribution in [0.4, 0.5) is 11.8 Å². The molecule has 192 valence electrons. The van der Waals surface area contributed by atoms with Gasteiger partial charge in [-0.3, -0.25) is 4.79 Å². The van der Waals surface area contributed by atoms with Crippen LogP contribution in [0.15, 0.2) is 71.6 Å². The number of ether oxygens (including phenoxy) is 1. The van der Waals surface area contributed by atoms with Gasteiger partial charge in [-0.2, -0.15) is 0 Å². The topological polar surface area (TPSA) is 115 Å². The molecule has 3 aromatic heterocycles. The fourth-order valence-electron chi connectivity index (χ4n) is 4.19. The number of furan rings is 1. The van der Waals surface area contributed by atoms with Gasteiger partial charge in [0.15, 0.2) is 0 Å². The molecule has 2 aromatic carbocycles. The lowest BCUT2D eigenvalue weighted by Crippen LogP contribution is -2.16. The summed E-state index contributed by atoms with van der Waals surface area (Å²) in [6.45, 7) is 6.03. The Morgan fingerprint density at radius 3 is 2.61 bits per heavy atom. The van der Waals surface area contributed by atoms with Crippen LogP contribution >= 0.6 is 0 Å². The van der Waals surface area contributed by atoms with Crippen LogP contribution in [-0.4, -0.2) is 39.6 Å². The van der Waals surface area contributed by atoms with E-state index in [0.717, 1.165) is 50.3 Å². The molecule has 0 spiro atoms. The van der Waals surface area contributed by atoms with Gasteiger partial charge >= 0.3 is 5.97 Å². The molecule has 38 heavy (non-hydrogen) atoms. The zero-order valence-corrected chi connectivity index (χ0v) is 21.6. The fourth-order valence-corrected chi connectivity index (χ4v) is 4.19. The Morgan fingerprint density at radius 1 is 1.00 bits per heavy atom. The molecule has 0 aliphatic heterocycles. The number of anilines is 2. The first kappa shape index (κ1) is 24.9. The summed E-state index contributed by atoms with van der Waals surface area (Å²) < 4.78 is 10.2. The highest BCUT2D eigenvalue weighted by molar-refractivity contribution is 5.85. The molecule has 0 aliphatic carbocycles. The highest BCUT2D eigenvalue weighted by Gasteiger charge is 2.12. The summed E-state index contributed by atoms with van der Waals surface area (Å²) >= 11 is 0. The van der Waals surface area contributed by atoms with Crippen molar-refractivity contribution in [2.75, 3.05) is 24.3 Å². The third kappa shape index (κ3) is 5.46. The first-order chi connectivity index (χ1) is 18.4. The number of nitrogens with zero attached hydrogens (tertiary/aromatic N) is 4. The van der Waals surface area contributed by atoms with Crippen LogP contribution in [0, 0.1) is 13.8 Å². The number of fused-ring (bicyclic) bond motifs is 1. The molecule has 0 aliphatic rings. The van der Waals surface area contributed by atoms with Crippen molar-refractivity contribution in [3.8, 4) is 22.4 Å². The Labute approximate surface area is 220 Å². The van der Waals surface area contributed by atoms with E-state index in [4.69, 9.17) is 4.42 Å². The van der Waals surface area contributed by atoms with Gasteiger partial charge in [0.05, 0.1) is 19.1 Å². The maximum absolute atomic E-state index is 11.3. The summed E-state index contributed by atoms with van der Waals surface area (Å²) in [5.74, 6) is 1.42. The maximum Gasteiger partial charge on any atom is 0.325 e. The number of hydrogen-bond donors (Lipinski definition) is 2. The third-order valence-electron chi connectivity index (χ3n) is 6.26. The Balaban J connectivity index is 1.33. The standard InChI is InChI=1S/C29H28N6O3/c1-17-16-38-26-9-8-22(11-24(17)26)25-12-27(35-19(3)34-25)33-18(2)20-6-5-7-21(10-20)23-13-30-29(31-14-23)32-15-28(36)37-4/h5-14,16,18H,15H2,1-4H3,(H,30,31,32)(H,33,34,35)/t18-/m0/s1. The Kier molecular flexibility index (Phi) is 6.99. The van der Waals surface area contributed by atoms with Crippen molar-refractivity contribution in [3.63, 3.8) is 0 Å². The molecule has 0 saturated carbocycles. The summed E-state index contributed by atoms with van der Waals surface area (Å²) in [5, 5.41) is 7.44. The Morgan fingerprint density at radius 2 is 1.82 bits per heavy atom. The van der Waals surface area contributed by atoms with Crippen molar-refractivity contribution >= 4 is 28.7 Å². The molecule has 5 aromatic rings.